The smallest absolute Gasteiger partial charge is 0.209 e. The zero-order valence-electron chi connectivity index (χ0n) is 9.78. The van der Waals surface area contributed by atoms with Gasteiger partial charge in [0.05, 0.1) is 6.26 Å². The minimum Gasteiger partial charge on any atom is -0.311 e. The lowest BCUT2D eigenvalue weighted by atomic mass is 10.1. The van der Waals surface area contributed by atoms with Crippen molar-refractivity contribution in [3.05, 3.63) is 22.4 Å². The second-order valence-electron chi connectivity index (χ2n) is 4.49. The topological polar surface area (TPSA) is 58.2 Å². The fourth-order valence-electron chi connectivity index (χ4n) is 1.45. The highest BCUT2D eigenvalue weighted by Gasteiger charge is 2.21. The van der Waals surface area contributed by atoms with E-state index in [9.17, 15) is 8.42 Å². The lowest BCUT2D eigenvalue weighted by Crippen LogP contribution is -2.49. The third-order valence-electron chi connectivity index (χ3n) is 1.94. The predicted molar refractivity (Wildman–Crippen MR) is 68.1 cm³/mol. The van der Waals surface area contributed by atoms with E-state index in [-0.39, 0.29) is 0 Å². The highest BCUT2D eigenvalue weighted by Crippen LogP contribution is 2.06. The van der Waals surface area contributed by atoms with Gasteiger partial charge in [0.1, 0.15) is 0 Å². The van der Waals surface area contributed by atoms with Crippen molar-refractivity contribution in [2.45, 2.75) is 25.9 Å². The number of sulfonamides is 1. The van der Waals surface area contributed by atoms with Crippen molar-refractivity contribution in [2.24, 2.45) is 0 Å². The number of hydrogen-bond donors (Lipinski definition) is 2. The zero-order valence-corrected chi connectivity index (χ0v) is 11.4. The molecule has 0 spiro atoms. The molecule has 0 aliphatic heterocycles. The average molecular weight is 262 g/mol. The molecule has 0 amide bonds. The molecule has 1 aromatic rings. The van der Waals surface area contributed by atoms with Gasteiger partial charge in [0.25, 0.3) is 0 Å². The van der Waals surface area contributed by atoms with Gasteiger partial charge in [-0.25, -0.2) is 13.1 Å². The molecule has 16 heavy (non-hydrogen) atoms. The molecule has 0 radical (unpaired) electrons. The fourth-order valence-corrected chi connectivity index (χ4v) is 3.20. The van der Waals surface area contributed by atoms with Crippen LogP contribution in [-0.2, 0) is 16.6 Å². The van der Waals surface area contributed by atoms with Crippen LogP contribution in [0.5, 0.6) is 0 Å². The van der Waals surface area contributed by atoms with Gasteiger partial charge in [-0.3, -0.25) is 0 Å². The Labute approximate surface area is 101 Å². The second-order valence-corrected chi connectivity index (χ2v) is 7.02. The van der Waals surface area contributed by atoms with Gasteiger partial charge >= 0.3 is 0 Å². The Morgan fingerprint density at radius 3 is 2.62 bits per heavy atom. The van der Waals surface area contributed by atoms with Crippen LogP contribution < -0.4 is 10.0 Å². The Bertz CT molecular complexity index is 410. The van der Waals surface area contributed by atoms with Crippen molar-refractivity contribution in [2.75, 3.05) is 12.8 Å². The molecule has 0 aliphatic carbocycles. The lowest BCUT2D eigenvalue weighted by molar-refractivity contribution is 0.421. The first-order chi connectivity index (χ1) is 7.29. The van der Waals surface area contributed by atoms with Crippen molar-refractivity contribution in [3.63, 3.8) is 0 Å². The molecule has 0 unspecified atom stereocenters. The summed E-state index contributed by atoms with van der Waals surface area (Å²) in [6, 6.07) is 2.05. The van der Waals surface area contributed by atoms with E-state index in [1.54, 1.807) is 11.3 Å². The van der Waals surface area contributed by atoms with E-state index in [1.807, 2.05) is 19.2 Å². The summed E-state index contributed by atoms with van der Waals surface area (Å²) in [4.78, 5) is 0. The Balaban J connectivity index is 2.36. The molecule has 0 bridgehead atoms. The lowest BCUT2D eigenvalue weighted by Gasteiger charge is -2.25. The number of thiophene rings is 1. The summed E-state index contributed by atoms with van der Waals surface area (Å²) in [6.07, 6.45) is 1.17. The normalized spacial score (nSPS) is 12.9. The molecule has 2 N–H and O–H groups in total. The molecule has 0 aromatic carbocycles. The maximum atomic E-state index is 11.1. The van der Waals surface area contributed by atoms with Gasteiger partial charge in [0.15, 0.2) is 0 Å². The molecular weight excluding hydrogens is 244 g/mol. The van der Waals surface area contributed by atoms with Crippen molar-refractivity contribution >= 4 is 21.4 Å². The van der Waals surface area contributed by atoms with E-state index in [0.29, 0.717) is 6.54 Å². The second kappa shape index (κ2) is 5.27. The Kier molecular flexibility index (Phi) is 4.49. The molecule has 92 valence electrons. The van der Waals surface area contributed by atoms with Crippen LogP contribution >= 0.6 is 11.3 Å². The highest BCUT2D eigenvalue weighted by molar-refractivity contribution is 7.88. The van der Waals surface area contributed by atoms with Crippen LogP contribution in [0.4, 0.5) is 0 Å². The van der Waals surface area contributed by atoms with Crippen molar-refractivity contribution in [1.29, 1.82) is 0 Å². The minimum atomic E-state index is -3.15. The van der Waals surface area contributed by atoms with E-state index in [4.69, 9.17) is 0 Å². The van der Waals surface area contributed by atoms with Gasteiger partial charge in [0.2, 0.25) is 10.0 Å². The van der Waals surface area contributed by atoms with E-state index in [0.717, 1.165) is 6.54 Å². The standard InChI is InChI=1S/C10H18N2O2S2/c1-10(2,12-16(3,13)14)8-11-6-9-4-5-15-7-9/h4-5,7,11-12H,6,8H2,1-3H3. The molecule has 1 heterocycles. The number of nitrogens with one attached hydrogen (secondary N) is 2. The summed E-state index contributed by atoms with van der Waals surface area (Å²) >= 11 is 1.66. The third-order valence-corrected chi connectivity index (χ3v) is 3.59. The first-order valence-electron chi connectivity index (χ1n) is 4.99. The summed E-state index contributed by atoms with van der Waals surface area (Å²) < 4.78 is 24.8. The van der Waals surface area contributed by atoms with E-state index in [2.05, 4.69) is 21.5 Å². The molecule has 4 nitrogen and oxygen atoms in total. The SMILES string of the molecule is CC(C)(CNCc1ccsc1)NS(C)(=O)=O. The molecule has 0 saturated carbocycles. The van der Waals surface area contributed by atoms with Crippen LogP contribution in [0.1, 0.15) is 19.4 Å². The number of rotatable bonds is 6. The quantitative estimate of drug-likeness (QED) is 0.809. The van der Waals surface area contributed by atoms with Gasteiger partial charge < -0.3 is 5.32 Å². The van der Waals surface area contributed by atoms with Gasteiger partial charge in [0, 0.05) is 18.6 Å². The van der Waals surface area contributed by atoms with Gasteiger partial charge in [-0.05, 0) is 36.2 Å². The monoisotopic (exact) mass is 262 g/mol. The zero-order chi connectivity index (χ0) is 12.2. The van der Waals surface area contributed by atoms with Crippen LogP contribution in [0.3, 0.4) is 0 Å². The Hall–Kier alpha value is -0.430. The molecular formula is C10H18N2O2S2. The van der Waals surface area contributed by atoms with Crippen LogP contribution in [0.25, 0.3) is 0 Å². The average Bonchev–Trinajstić information content (AvgIpc) is 2.51. The van der Waals surface area contributed by atoms with Crippen molar-refractivity contribution < 1.29 is 8.42 Å². The summed E-state index contributed by atoms with van der Waals surface area (Å²) in [5.74, 6) is 0. The summed E-state index contributed by atoms with van der Waals surface area (Å²) in [5, 5.41) is 7.33. The first kappa shape index (κ1) is 13.6. The summed E-state index contributed by atoms with van der Waals surface area (Å²) in [5.41, 5.74) is 0.754. The minimum absolute atomic E-state index is 0.469. The third kappa shape index (κ3) is 5.60. The van der Waals surface area contributed by atoms with Crippen molar-refractivity contribution in [1.82, 2.24) is 10.0 Å². The molecule has 0 atom stereocenters. The molecule has 0 aliphatic rings. The maximum absolute atomic E-state index is 11.1. The maximum Gasteiger partial charge on any atom is 0.209 e. The van der Waals surface area contributed by atoms with Crippen LogP contribution in [0, 0.1) is 0 Å². The molecule has 0 saturated heterocycles. The van der Waals surface area contributed by atoms with Gasteiger partial charge in [-0.15, -0.1) is 0 Å². The molecule has 6 heteroatoms. The fraction of sp³-hybridized carbons (Fsp3) is 0.600. The van der Waals surface area contributed by atoms with E-state index in [1.165, 1.54) is 11.8 Å². The van der Waals surface area contributed by atoms with Gasteiger partial charge in [-0.2, -0.15) is 11.3 Å². The largest absolute Gasteiger partial charge is 0.311 e. The first-order valence-corrected chi connectivity index (χ1v) is 7.83. The van der Waals surface area contributed by atoms with E-state index >= 15 is 0 Å². The van der Waals surface area contributed by atoms with Gasteiger partial charge in [-0.1, -0.05) is 0 Å². The molecule has 0 fully saturated rings. The highest BCUT2D eigenvalue weighted by atomic mass is 32.2. The predicted octanol–water partition coefficient (Wildman–Crippen LogP) is 1.17. The molecule has 1 rings (SSSR count). The Morgan fingerprint density at radius 1 is 1.44 bits per heavy atom. The van der Waals surface area contributed by atoms with Crippen LogP contribution in [-0.4, -0.2) is 26.8 Å². The number of hydrogen-bond acceptors (Lipinski definition) is 4. The van der Waals surface area contributed by atoms with Crippen LogP contribution in [0.2, 0.25) is 0 Å². The Morgan fingerprint density at radius 2 is 2.12 bits per heavy atom. The van der Waals surface area contributed by atoms with E-state index < -0.39 is 15.6 Å². The van der Waals surface area contributed by atoms with Crippen LogP contribution in [0.15, 0.2) is 16.8 Å². The molecule has 1 aromatic heterocycles. The van der Waals surface area contributed by atoms with Crippen molar-refractivity contribution in [3.8, 4) is 0 Å². The summed E-state index contributed by atoms with van der Waals surface area (Å²) in [6.45, 7) is 5.07. The summed E-state index contributed by atoms with van der Waals surface area (Å²) in [7, 11) is -3.15.